The third-order valence-corrected chi connectivity index (χ3v) is 11.1. The van der Waals surface area contributed by atoms with E-state index in [1.165, 1.54) is 25.4 Å². The molecule has 11 nitrogen and oxygen atoms in total. The number of para-hydroxylation sites is 2. The molecule has 0 saturated heterocycles. The van der Waals surface area contributed by atoms with Crippen LogP contribution in [0.2, 0.25) is 0 Å². The molecule has 0 fully saturated rings. The van der Waals surface area contributed by atoms with Crippen molar-refractivity contribution in [1.29, 1.82) is 0 Å². The van der Waals surface area contributed by atoms with E-state index in [0.29, 0.717) is 47.6 Å². The number of aromatic amines is 2. The summed E-state index contributed by atoms with van der Waals surface area (Å²) in [4.78, 5) is 58.5. The Kier molecular flexibility index (Phi) is 10.2. The quantitative estimate of drug-likeness (QED) is 0.145. The van der Waals surface area contributed by atoms with E-state index in [9.17, 15) is 14.4 Å². The summed E-state index contributed by atoms with van der Waals surface area (Å²) in [6.45, 7) is 14.4. The Morgan fingerprint density at radius 2 is 1.83 bits per heavy atom. The second-order valence-corrected chi connectivity index (χ2v) is 13.9. The van der Waals surface area contributed by atoms with E-state index >= 15 is 0 Å². The van der Waals surface area contributed by atoms with Gasteiger partial charge in [-0.25, -0.2) is 4.79 Å². The molecule has 0 radical (unpaired) electrons. The first-order chi connectivity index (χ1) is 24.9. The van der Waals surface area contributed by atoms with Crippen molar-refractivity contribution in [2.45, 2.75) is 78.7 Å². The van der Waals surface area contributed by atoms with Crippen LogP contribution in [0.5, 0.6) is 0 Å². The normalized spacial score (nSPS) is 20.9. The number of hydrogen-bond acceptors (Lipinski definition) is 8. The number of nitrogens with one attached hydrogen (secondary N) is 3. The lowest BCUT2D eigenvalue weighted by molar-refractivity contribution is -0.140. The Morgan fingerprint density at radius 3 is 2.50 bits per heavy atom. The maximum atomic E-state index is 14.0. The molecule has 3 aliphatic rings. The maximum Gasteiger partial charge on any atom is 0.340 e. The van der Waals surface area contributed by atoms with Gasteiger partial charge in [-0.2, -0.15) is 0 Å². The summed E-state index contributed by atoms with van der Waals surface area (Å²) >= 11 is 0. The standard InChI is InChI=1S/C41H48N6O5/c1-9-24-20(3)29-17-31-22(5)26(15-16-35(48)45-28-14-12-11-13-27(28)42)38(46-31)37(41(50)52-8)39-36(40(49)51-7)23(6)32(47-39)19-34-25(10-2)21(4)30(44-34)18-33(24)43-29/h9,11-14,17,22,26,30,37,43,47H,1,10,15-16,18-19,42H2,2-8H3,(H,45,48)/t22-,26-,30?,37?/m0/s1. The van der Waals surface area contributed by atoms with Gasteiger partial charge in [0.05, 0.1) is 42.9 Å². The molecule has 272 valence electrons. The molecule has 3 aromatic rings. The van der Waals surface area contributed by atoms with Crippen molar-refractivity contribution in [3.8, 4) is 0 Å². The molecule has 6 rings (SSSR count). The number of aliphatic imine (C=N–C) groups is 2. The van der Waals surface area contributed by atoms with Crippen molar-refractivity contribution >= 4 is 52.8 Å². The predicted octanol–water partition coefficient (Wildman–Crippen LogP) is 7.04. The number of benzene rings is 1. The number of carbonyl (C=O) groups excluding carboxylic acids is 3. The summed E-state index contributed by atoms with van der Waals surface area (Å²) in [6.07, 6.45) is 6.33. The number of esters is 2. The highest BCUT2D eigenvalue weighted by Crippen LogP contribution is 2.43. The molecule has 5 heterocycles. The lowest BCUT2D eigenvalue weighted by Gasteiger charge is -2.23. The summed E-state index contributed by atoms with van der Waals surface area (Å²) in [5.74, 6) is -2.98. The van der Waals surface area contributed by atoms with Crippen molar-refractivity contribution in [2.75, 3.05) is 25.3 Å². The number of H-pyrrole nitrogens is 2. The number of allylic oxidation sites excluding steroid dienone is 2. The van der Waals surface area contributed by atoms with Crippen molar-refractivity contribution in [1.82, 2.24) is 9.97 Å². The van der Waals surface area contributed by atoms with Gasteiger partial charge in [0.2, 0.25) is 5.91 Å². The van der Waals surface area contributed by atoms with Crippen LogP contribution in [0.1, 0.15) is 95.8 Å². The molecule has 2 unspecified atom stereocenters. The Bertz CT molecular complexity index is 2090. The second-order valence-electron chi connectivity index (χ2n) is 13.9. The Hall–Kier alpha value is -5.45. The molecule has 2 aromatic heterocycles. The number of aromatic nitrogens is 2. The number of methoxy groups -OCH3 is 2. The highest BCUT2D eigenvalue weighted by molar-refractivity contribution is 6.12. The van der Waals surface area contributed by atoms with Gasteiger partial charge in [-0.3, -0.25) is 19.6 Å². The Balaban J connectivity index is 1.53. The maximum absolute atomic E-state index is 14.0. The highest BCUT2D eigenvalue weighted by Gasteiger charge is 2.44. The molecule has 11 heteroatoms. The van der Waals surface area contributed by atoms with Gasteiger partial charge in [0.1, 0.15) is 5.92 Å². The van der Waals surface area contributed by atoms with E-state index in [1.807, 2.05) is 25.1 Å². The first kappa shape index (κ1) is 36.3. The third kappa shape index (κ3) is 6.44. The van der Waals surface area contributed by atoms with Crippen LogP contribution >= 0.6 is 0 Å². The van der Waals surface area contributed by atoms with Crippen LogP contribution in [0, 0.1) is 25.7 Å². The molecule has 8 bridgehead atoms. The fourth-order valence-electron chi connectivity index (χ4n) is 8.09. The summed E-state index contributed by atoms with van der Waals surface area (Å²) in [6, 6.07) is 7.04. The second kappa shape index (κ2) is 14.7. The van der Waals surface area contributed by atoms with Crippen LogP contribution in [-0.4, -0.2) is 59.5 Å². The SMILES string of the molecule is C=Cc1c2[nH]c(c1C)C=C1N=C(C(C(=O)OC)c3[nH]c(c(C)c3C(=O)OC)CC3=NC(C2)C(C)=C3CC)[C@@H](CCC(=O)Nc2ccccc2N)[C@@H]1C. The first-order valence-electron chi connectivity index (χ1n) is 17.8. The van der Waals surface area contributed by atoms with E-state index in [-0.39, 0.29) is 35.8 Å². The number of nitrogen functional groups attached to an aromatic ring is 1. The topological polar surface area (TPSA) is 164 Å². The average molecular weight is 705 g/mol. The molecule has 1 aromatic carbocycles. The number of hydrogen-bond donors (Lipinski definition) is 4. The van der Waals surface area contributed by atoms with Crippen molar-refractivity contribution in [3.63, 3.8) is 0 Å². The fraction of sp³-hybridized carbons (Fsp3) is 0.390. The van der Waals surface area contributed by atoms with Crippen LogP contribution in [-0.2, 0) is 31.9 Å². The number of nitrogens with zero attached hydrogens (tertiary/aromatic N) is 2. The minimum Gasteiger partial charge on any atom is -0.468 e. The number of ether oxygens (including phenoxy) is 2. The number of carbonyl (C=O) groups is 3. The van der Waals surface area contributed by atoms with Gasteiger partial charge in [-0.05, 0) is 79.7 Å². The lowest BCUT2D eigenvalue weighted by Crippen LogP contribution is -2.31. The van der Waals surface area contributed by atoms with E-state index < -0.39 is 17.9 Å². The van der Waals surface area contributed by atoms with Gasteiger partial charge >= 0.3 is 11.9 Å². The molecular formula is C41H48N6O5. The number of rotatable bonds is 8. The zero-order valence-corrected chi connectivity index (χ0v) is 31.0. The number of anilines is 2. The van der Waals surface area contributed by atoms with Crippen LogP contribution in [0.3, 0.4) is 0 Å². The van der Waals surface area contributed by atoms with Crippen LogP contribution in [0.15, 0.2) is 57.7 Å². The van der Waals surface area contributed by atoms with Gasteiger partial charge in [0, 0.05) is 65.3 Å². The predicted molar refractivity (Wildman–Crippen MR) is 206 cm³/mol. The summed E-state index contributed by atoms with van der Waals surface area (Å²) < 4.78 is 10.7. The van der Waals surface area contributed by atoms with Crippen LogP contribution in [0.4, 0.5) is 11.4 Å². The van der Waals surface area contributed by atoms with Gasteiger partial charge < -0.3 is 30.5 Å². The summed E-state index contributed by atoms with van der Waals surface area (Å²) in [5, 5.41) is 2.92. The third-order valence-electron chi connectivity index (χ3n) is 11.1. The molecular weight excluding hydrogens is 656 g/mol. The molecule has 1 amide bonds. The van der Waals surface area contributed by atoms with Gasteiger partial charge in [0.25, 0.3) is 0 Å². The Morgan fingerprint density at radius 1 is 1.08 bits per heavy atom. The number of fused-ring (bicyclic) bond motifs is 6. The van der Waals surface area contributed by atoms with Gasteiger partial charge in [0.15, 0.2) is 0 Å². The fourth-order valence-corrected chi connectivity index (χ4v) is 8.09. The number of nitrogens with two attached hydrogens (primary N) is 1. The van der Waals surface area contributed by atoms with Crippen LogP contribution < -0.4 is 11.1 Å². The van der Waals surface area contributed by atoms with Crippen molar-refractivity contribution < 1.29 is 23.9 Å². The smallest absolute Gasteiger partial charge is 0.340 e. The molecule has 0 spiro atoms. The lowest BCUT2D eigenvalue weighted by atomic mass is 9.80. The van der Waals surface area contributed by atoms with E-state index in [2.05, 4.69) is 49.6 Å². The largest absolute Gasteiger partial charge is 0.468 e. The Labute approximate surface area is 304 Å². The van der Waals surface area contributed by atoms with Crippen LogP contribution in [0.25, 0.3) is 12.2 Å². The molecule has 0 aliphatic carbocycles. The molecule has 52 heavy (non-hydrogen) atoms. The van der Waals surface area contributed by atoms with Crippen molar-refractivity contribution in [3.05, 3.63) is 92.7 Å². The average Bonchev–Trinajstić information content (AvgIpc) is 3.81. The first-order valence-corrected chi connectivity index (χ1v) is 17.8. The molecule has 0 saturated carbocycles. The van der Waals surface area contributed by atoms with Gasteiger partial charge in [-0.1, -0.05) is 38.6 Å². The summed E-state index contributed by atoms with van der Waals surface area (Å²) in [7, 11) is 2.66. The zero-order valence-electron chi connectivity index (χ0n) is 31.0. The monoisotopic (exact) mass is 704 g/mol. The summed E-state index contributed by atoms with van der Waals surface area (Å²) in [5.41, 5.74) is 17.8. The number of amides is 1. The zero-order chi connectivity index (χ0) is 37.4. The van der Waals surface area contributed by atoms with E-state index in [4.69, 9.17) is 25.2 Å². The van der Waals surface area contributed by atoms with Gasteiger partial charge in [-0.15, -0.1) is 0 Å². The molecule has 4 atom stereocenters. The molecule has 3 aliphatic heterocycles. The highest BCUT2D eigenvalue weighted by atomic mass is 16.5. The minimum absolute atomic E-state index is 0.0652. The van der Waals surface area contributed by atoms with E-state index in [1.54, 1.807) is 18.2 Å². The van der Waals surface area contributed by atoms with Crippen molar-refractivity contribution in [2.24, 2.45) is 21.8 Å². The van der Waals surface area contributed by atoms with E-state index in [0.717, 1.165) is 46.0 Å². The minimum atomic E-state index is -1.07. The molecule has 5 N–H and O–H groups in total.